The second kappa shape index (κ2) is 6.64. The fraction of sp³-hybridized carbons (Fsp3) is 0.455. The zero-order valence-electron chi connectivity index (χ0n) is 9.00. The van der Waals surface area contributed by atoms with Crippen LogP contribution in [0.15, 0.2) is 18.2 Å². The van der Waals surface area contributed by atoms with Gasteiger partial charge >= 0.3 is 0 Å². The van der Waals surface area contributed by atoms with Crippen molar-refractivity contribution in [1.29, 1.82) is 0 Å². The van der Waals surface area contributed by atoms with Gasteiger partial charge in [-0.3, -0.25) is 0 Å². The normalized spacial score (nSPS) is 11.7. The van der Waals surface area contributed by atoms with Gasteiger partial charge in [-0.2, -0.15) is 0 Å². The molecule has 0 aromatic heterocycles. The van der Waals surface area contributed by atoms with Crippen molar-refractivity contribution in [1.82, 2.24) is 0 Å². The van der Waals surface area contributed by atoms with Crippen LogP contribution in [0.5, 0.6) is 5.75 Å². The highest BCUT2D eigenvalue weighted by Crippen LogP contribution is 2.22. The summed E-state index contributed by atoms with van der Waals surface area (Å²) in [5.41, 5.74) is 6.38. The van der Waals surface area contributed by atoms with Crippen molar-refractivity contribution in [3.05, 3.63) is 29.6 Å². The Bertz CT molecular complexity index is 307. The van der Waals surface area contributed by atoms with E-state index < -0.39 is 0 Å². The number of hydrogen-bond donors (Lipinski definition) is 1. The highest BCUT2D eigenvalue weighted by molar-refractivity contribution is 5.85. The third-order valence-electron chi connectivity index (χ3n) is 2.21. The molecule has 1 rings (SSSR count). The van der Waals surface area contributed by atoms with Crippen LogP contribution in [0.1, 0.15) is 31.4 Å². The van der Waals surface area contributed by atoms with E-state index in [0.717, 1.165) is 12.8 Å². The second-order valence-electron chi connectivity index (χ2n) is 3.28. The van der Waals surface area contributed by atoms with Crippen LogP contribution in [0.2, 0.25) is 0 Å². The van der Waals surface area contributed by atoms with Crippen molar-refractivity contribution >= 4 is 12.4 Å². The summed E-state index contributed by atoms with van der Waals surface area (Å²) in [5.74, 6) is 0.236. The third-order valence-corrected chi connectivity index (χ3v) is 2.21. The lowest BCUT2D eigenvalue weighted by molar-refractivity contribution is 0.410. The number of methoxy groups -OCH3 is 1. The van der Waals surface area contributed by atoms with Crippen molar-refractivity contribution in [3.63, 3.8) is 0 Å². The Morgan fingerprint density at radius 2 is 2.13 bits per heavy atom. The van der Waals surface area contributed by atoms with Gasteiger partial charge in [0.1, 0.15) is 11.6 Å². The van der Waals surface area contributed by atoms with Gasteiger partial charge in [0.25, 0.3) is 0 Å². The van der Waals surface area contributed by atoms with Crippen LogP contribution in [0.3, 0.4) is 0 Å². The summed E-state index contributed by atoms with van der Waals surface area (Å²) >= 11 is 0. The molecular weight excluding hydrogens is 217 g/mol. The van der Waals surface area contributed by atoms with Crippen molar-refractivity contribution in [2.24, 2.45) is 5.73 Å². The van der Waals surface area contributed by atoms with Crippen LogP contribution in [-0.2, 0) is 0 Å². The highest BCUT2D eigenvalue weighted by atomic mass is 35.5. The lowest BCUT2D eigenvalue weighted by Gasteiger charge is -2.12. The second-order valence-corrected chi connectivity index (χ2v) is 3.28. The summed E-state index contributed by atoms with van der Waals surface area (Å²) in [6, 6.07) is 4.57. The first-order chi connectivity index (χ1) is 6.69. The summed E-state index contributed by atoms with van der Waals surface area (Å²) in [6.07, 6.45) is 1.75. The molecule has 2 nitrogen and oxygen atoms in total. The van der Waals surface area contributed by atoms with Gasteiger partial charge in [-0.1, -0.05) is 19.4 Å². The summed E-state index contributed by atoms with van der Waals surface area (Å²) in [5, 5.41) is 0. The van der Waals surface area contributed by atoms with E-state index in [2.05, 4.69) is 0 Å². The standard InChI is InChI=1S/C11H16FNO.ClH/c1-3-4-11(13)9-6-5-8(14-2)7-10(9)12;/h5-7,11H,3-4,13H2,1-2H3;1H/t11-;/m0./s1. The van der Waals surface area contributed by atoms with Crippen molar-refractivity contribution < 1.29 is 9.13 Å². The first kappa shape index (κ1) is 14.2. The van der Waals surface area contributed by atoms with Crippen LogP contribution < -0.4 is 10.5 Å². The van der Waals surface area contributed by atoms with E-state index in [1.54, 1.807) is 12.1 Å². The molecule has 0 aliphatic heterocycles. The average molecular weight is 234 g/mol. The summed E-state index contributed by atoms with van der Waals surface area (Å²) in [7, 11) is 1.51. The van der Waals surface area contributed by atoms with Crippen LogP contribution in [0.25, 0.3) is 0 Å². The van der Waals surface area contributed by atoms with Crippen molar-refractivity contribution in [2.45, 2.75) is 25.8 Å². The predicted octanol–water partition coefficient (Wildman–Crippen LogP) is 3.06. The quantitative estimate of drug-likeness (QED) is 0.868. The molecule has 0 heterocycles. The molecule has 4 heteroatoms. The highest BCUT2D eigenvalue weighted by Gasteiger charge is 2.10. The van der Waals surface area contributed by atoms with Crippen LogP contribution >= 0.6 is 12.4 Å². The maximum atomic E-state index is 13.5. The maximum Gasteiger partial charge on any atom is 0.131 e. The fourth-order valence-corrected chi connectivity index (χ4v) is 1.40. The molecule has 0 aliphatic rings. The minimum atomic E-state index is -0.287. The average Bonchev–Trinajstić information content (AvgIpc) is 2.17. The van der Waals surface area contributed by atoms with Gasteiger partial charge in [-0.05, 0) is 12.5 Å². The molecule has 15 heavy (non-hydrogen) atoms. The van der Waals surface area contributed by atoms with Gasteiger partial charge in [0, 0.05) is 17.7 Å². The minimum Gasteiger partial charge on any atom is -0.497 e. The van der Waals surface area contributed by atoms with E-state index in [1.807, 2.05) is 6.92 Å². The topological polar surface area (TPSA) is 35.2 Å². The van der Waals surface area contributed by atoms with Gasteiger partial charge in [0.15, 0.2) is 0 Å². The molecule has 1 aromatic carbocycles. The van der Waals surface area contributed by atoms with E-state index in [4.69, 9.17) is 10.5 Å². The van der Waals surface area contributed by atoms with Crippen molar-refractivity contribution in [2.75, 3.05) is 7.11 Å². The first-order valence-corrected chi connectivity index (χ1v) is 4.78. The Kier molecular flexibility index (Phi) is 6.29. The smallest absolute Gasteiger partial charge is 0.131 e. The summed E-state index contributed by atoms with van der Waals surface area (Å²) < 4.78 is 18.4. The monoisotopic (exact) mass is 233 g/mol. The van der Waals surface area contributed by atoms with Crippen LogP contribution in [0, 0.1) is 5.82 Å². The molecule has 2 N–H and O–H groups in total. The summed E-state index contributed by atoms with van der Waals surface area (Å²) in [6.45, 7) is 2.03. The van der Waals surface area contributed by atoms with E-state index in [9.17, 15) is 4.39 Å². The molecule has 0 aliphatic carbocycles. The number of hydrogen-bond acceptors (Lipinski definition) is 2. The van der Waals surface area contributed by atoms with Crippen molar-refractivity contribution in [3.8, 4) is 5.75 Å². The number of rotatable bonds is 4. The van der Waals surface area contributed by atoms with Crippen LogP contribution in [-0.4, -0.2) is 7.11 Å². The number of ether oxygens (including phenoxy) is 1. The fourth-order valence-electron chi connectivity index (χ4n) is 1.40. The molecule has 0 saturated heterocycles. The molecule has 0 fully saturated rings. The molecule has 0 spiro atoms. The van der Waals surface area contributed by atoms with Gasteiger partial charge in [0.2, 0.25) is 0 Å². The van der Waals surface area contributed by atoms with Crippen LogP contribution in [0.4, 0.5) is 4.39 Å². The Morgan fingerprint density at radius 3 is 2.60 bits per heavy atom. The van der Waals surface area contributed by atoms with Gasteiger partial charge < -0.3 is 10.5 Å². The number of benzene rings is 1. The maximum absolute atomic E-state index is 13.5. The Hall–Kier alpha value is -0.800. The van der Waals surface area contributed by atoms with Gasteiger partial charge in [-0.15, -0.1) is 12.4 Å². The predicted molar refractivity (Wildman–Crippen MR) is 62.0 cm³/mol. The Balaban J connectivity index is 0.00000196. The summed E-state index contributed by atoms with van der Waals surface area (Å²) in [4.78, 5) is 0. The minimum absolute atomic E-state index is 0. The largest absolute Gasteiger partial charge is 0.497 e. The molecule has 0 unspecified atom stereocenters. The molecule has 0 saturated carbocycles. The number of halogens is 2. The Morgan fingerprint density at radius 1 is 1.47 bits per heavy atom. The molecular formula is C11H17ClFNO. The van der Waals surface area contributed by atoms with E-state index in [-0.39, 0.29) is 24.3 Å². The third kappa shape index (κ3) is 3.68. The lowest BCUT2D eigenvalue weighted by Crippen LogP contribution is -2.11. The molecule has 1 atom stereocenters. The van der Waals surface area contributed by atoms with E-state index in [0.29, 0.717) is 11.3 Å². The molecule has 0 amide bonds. The van der Waals surface area contributed by atoms with Gasteiger partial charge in [-0.25, -0.2) is 4.39 Å². The molecule has 86 valence electrons. The molecule has 0 radical (unpaired) electrons. The molecule has 1 aromatic rings. The Labute approximate surface area is 96.0 Å². The zero-order chi connectivity index (χ0) is 10.6. The SMILES string of the molecule is CCC[C@H](N)c1ccc(OC)cc1F.Cl. The van der Waals surface area contributed by atoms with Gasteiger partial charge in [0.05, 0.1) is 7.11 Å². The molecule has 0 bridgehead atoms. The van der Waals surface area contributed by atoms with E-state index >= 15 is 0 Å². The number of nitrogens with two attached hydrogens (primary N) is 1. The van der Waals surface area contributed by atoms with E-state index in [1.165, 1.54) is 13.2 Å². The zero-order valence-corrected chi connectivity index (χ0v) is 9.81. The first-order valence-electron chi connectivity index (χ1n) is 4.78. The lowest BCUT2D eigenvalue weighted by atomic mass is 10.0.